The fraction of sp³-hybridized carbons (Fsp3) is 0.600. The van der Waals surface area contributed by atoms with Crippen LogP contribution in [0.4, 0.5) is 0 Å². The number of nitrogens with two attached hydrogens (primary N) is 1. The Hall–Kier alpha value is -1.42. The van der Waals surface area contributed by atoms with Gasteiger partial charge in [-0.05, 0) is 12.3 Å². The fourth-order valence-electron chi connectivity index (χ4n) is 2.12. The molecule has 4 nitrogen and oxygen atoms in total. The Morgan fingerprint density at radius 1 is 1.05 bits per heavy atom. The Morgan fingerprint density at radius 3 is 1.95 bits per heavy atom. The number of hydrogen-bond acceptors (Lipinski definition) is 4. The molecule has 0 radical (unpaired) electrons. The fourth-order valence-corrected chi connectivity index (χ4v) is 2.12. The Morgan fingerprint density at radius 2 is 1.58 bits per heavy atom. The van der Waals surface area contributed by atoms with E-state index in [1.54, 1.807) is 21.3 Å². The summed E-state index contributed by atoms with van der Waals surface area (Å²) in [5.41, 5.74) is 7.22. The summed E-state index contributed by atoms with van der Waals surface area (Å²) >= 11 is 0. The van der Waals surface area contributed by atoms with Crippen molar-refractivity contribution in [2.75, 3.05) is 21.3 Å². The molecule has 0 saturated carbocycles. The molecule has 108 valence electrons. The number of rotatable bonds is 7. The first kappa shape index (κ1) is 15.6. The molecule has 0 fully saturated rings. The minimum atomic E-state index is -0.106. The summed E-state index contributed by atoms with van der Waals surface area (Å²) in [6.07, 6.45) is 2.00. The van der Waals surface area contributed by atoms with Crippen LogP contribution in [0.15, 0.2) is 12.1 Å². The van der Waals surface area contributed by atoms with Gasteiger partial charge >= 0.3 is 0 Å². The van der Waals surface area contributed by atoms with Gasteiger partial charge in [0.15, 0.2) is 0 Å². The van der Waals surface area contributed by atoms with E-state index in [1.165, 1.54) is 0 Å². The molecule has 0 aliphatic heterocycles. The monoisotopic (exact) mass is 267 g/mol. The van der Waals surface area contributed by atoms with Crippen molar-refractivity contribution in [3.63, 3.8) is 0 Å². The highest BCUT2D eigenvalue weighted by Crippen LogP contribution is 2.39. The molecule has 1 aromatic rings. The van der Waals surface area contributed by atoms with E-state index in [0.717, 1.165) is 18.4 Å². The smallest absolute Gasteiger partial charge is 0.131 e. The Balaban J connectivity index is 3.15. The third kappa shape index (κ3) is 3.77. The van der Waals surface area contributed by atoms with E-state index < -0.39 is 0 Å². The first-order valence-electron chi connectivity index (χ1n) is 6.62. The molecular formula is C15H25NO3. The maximum atomic E-state index is 6.31. The molecule has 2 unspecified atom stereocenters. The summed E-state index contributed by atoms with van der Waals surface area (Å²) in [7, 11) is 4.88. The van der Waals surface area contributed by atoms with Crippen LogP contribution in [0.1, 0.15) is 38.3 Å². The molecule has 0 aliphatic carbocycles. The van der Waals surface area contributed by atoms with Crippen molar-refractivity contribution in [2.24, 2.45) is 11.7 Å². The number of hydrogen-bond donors (Lipinski definition) is 1. The Bertz CT molecular complexity index is 381. The van der Waals surface area contributed by atoms with E-state index in [9.17, 15) is 0 Å². The normalized spacial score (nSPS) is 13.8. The van der Waals surface area contributed by atoms with Crippen LogP contribution in [0, 0.1) is 5.92 Å². The van der Waals surface area contributed by atoms with Crippen molar-refractivity contribution in [2.45, 2.75) is 32.7 Å². The Kier molecular flexibility index (Phi) is 5.96. The Labute approximate surface area is 115 Å². The molecule has 0 aliphatic rings. The predicted molar refractivity (Wildman–Crippen MR) is 77.1 cm³/mol. The van der Waals surface area contributed by atoms with Crippen molar-refractivity contribution in [3.8, 4) is 17.2 Å². The largest absolute Gasteiger partial charge is 0.496 e. The summed E-state index contributed by atoms with van der Waals surface area (Å²) in [6, 6.07) is 3.58. The quantitative estimate of drug-likeness (QED) is 0.824. The molecule has 0 saturated heterocycles. The van der Waals surface area contributed by atoms with Gasteiger partial charge in [0.05, 0.1) is 26.9 Å². The van der Waals surface area contributed by atoms with Gasteiger partial charge in [-0.2, -0.15) is 0 Å². The molecule has 0 heterocycles. The van der Waals surface area contributed by atoms with E-state index >= 15 is 0 Å². The molecular weight excluding hydrogens is 242 g/mol. The van der Waals surface area contributed by atoms with E-state index in [-0.39, 0.29) is 6.04 Å². The van der Waals surface area contributed by atoms with Gasteiger partial charge in [0.1, 0.15) is 17.2 Å². The van der Waals surface area contributed by atoms with Crippen LogP contribution in [-0.4, -0.2) is 21.3 Å². The lowest BCUT2D eigenvalue weighted by atomic mass is 9.93. The molecule has 0 bridgehead atoms. The van der Waals surface area contributed by atoms with Gasteiger partial charge in [0, 0.05) is 18.2 Å². The van der Waals surface area contributed by atoms with Gasteiger partial charge in [-0.25, -0.2) is 0 Å². The van der Waals surface area contributed by atoms with Crippen molar-refractivity contribution in [3.05, 3.63) is 17.7 Å². The number of ether oxygens (including phenoxy) is 3. The third-order valence-corrected chi connectivity index (χ3v) is 3.48. The van der Waals surface area contributed by atoms with Crippen LogP contribution in [-0.2, 0) is 0 Å². The molecule has 0 aromatic heterocycles. The molecule has 1 aromatic carbocycles. The summed E-state index contributed by atoms with van der Waals surface area (Å²) in [4.78, 5) is 0. The van der Waals surface area contributed by atoms with Gasteiger partial charge in [-0.15, -0.1) is 0 Å². The van der Waals surface area contributed by atoms with Gasteiger partial charge in [-0.3, -0.25) is 0 Å². The van der Waals surface area contributed by atoms with E-state index in [1.807, 2.05) is 12.1 Å². The van der Waals surface area contributed by atoms with Crippen molar-refractivity contribution >= 4 is 0 Å². The molecule has 19 heavy (non-hydrogen) atoms. The summed E-state index contributed by atoms with van der Waals surface area (Å²) in [6.45, 7) is 4.36. The molecule has 1 rings (SSSR count). The molecule has 2 N–H and O–H groups in total. The van der Waals surface area contributed by atoms with Gasteiger partial charge in [0.2, 0.25) is 0 Å². The molecule has 2 atom stereocenters. The van der Waals surface area contributed by atoms with E-state index in [2.05, 4.69) is 13.8 Å². The van der Waals surface area contributed by atoms with Crippen molar-refractivity contribution < 1.29 is 14.2 Å². The third-order valence-electron chi connectivity index (χ3n) is 3.48. The minimum absolute atomic E-state index is 0.106. The molecule has 0 amide bonds. The second-order valence-corrected chi connectivity index (χ2v) is 4.80. The van der Waals surface area contributed by atoms with Gasteiger partial charge in [0.25, 0.3) is 0 Å². The van der Waals surface area contributed by atoms with E-state index in [0.29, 0.717) is 23.2 Å². The second kappa shape index (κ2) is 7.24. The van der Waals surface area contributed by atoms with Gasteiger partial charge in [-0.1, -0.05) is 20.3 Å². The predicted octanol–water partition coefficient (Wildman–Crippen LogP) is 3.15. The van der Waals surface area contributed by atoms with Crippen molar-refractivity contribution in [1.29, 1.82) is 0 Å². The highest BCUT2D eigenvalue weighted by atomic mass is 16.5. The zero-order valence-corrected chi connectivity index (χ0v) is 12.5. The SMILES string of the molecule is CCC(C)CC(N)c1c(OC)cc(OC)cc1OC. The van der Waals surface area contributed by atoms with Gasteiger partial charge < -0.3 is 19.9 Å². The number of benzene rings is 1. The van der Waals surface area contributed by atoms with Crippen LogP contribution in [0.5, 0.6) is 17.2 Å². The minimum Gasteiger partial charge on any atom is -0.496 e. The maximum absolute atomic E-state index is 6.31. The first-order valence-corrected chi connectivity index (χ1v) is 6.62. The standard InChI is InChI=1S/C15H25NO3/c1-6-10(2)7-12(16)15-13(18-4)8-11(17-3)9-14(15)19-5/h8-10,12H,6-7,16H2,1-5H3. The lowest BCUT2D eigenvalue weighted by molar-refractivity contribution is 0.356. The zero-order valence-electron chi connectivity index (χ0n) is 12.5. The maximum Gasteiger partial charge on any atom is 0.131 e. The molecule has 0 spiro atoms. The zero-order chi connectivity index (χ0) is 14.4. The molecule has 4 heteroatoms. The first-order chi connectivity index (χ1) is 9.07. The van der Waals surface area contributed by atoms with E-state index in [4.69, 9.17) is 19.9 Å². The van der Waals surface area contributed by atoms with Crippen LogP contribution >= 0.6 is 0 Å². The lowest BCUT2D eigenvalue weighted by Gasteiger charge is -2.22. The summed E-state index contributed by atoms with van der Waals surface area (Å²) < 4.78 is 16.1. The topological polar surface area (TPSA) is 53.7 Å². The van der Waals surface area contributed by atoms with Crippen LogP contribution in [0.2, 0.25) is 0 Å². The number of methoxy groups -OCH3 is 3. The second-order valence-electron chi connectivity index (χ2n) is 4.80. The van der Waals surface area contributed by atoms with Crippen LogP contribution < -0.4 is 19.9 Å². The summed E-state index contributed by atoms with van der Waals surface area (Å²) in [5, 5.41) is 0. The van der Waals surface area contributed by atoms with Crippen molar-refractivity contribution in [1.82, 2.24) is 0 Å². The lowest BCUT2D eigenvalue weighted by Crippen LogP contribution is -2.16. The average molecular weight is 267 g/mol. The summed E-state index contributed by atoms with van der Waals surface area (Å²) in [5.74, 6) is 2.69. The average Bonchev–Trinajstić information content (AvgIpc) is 2.44. The van der Waals surface area contributed by atoms with Crippen LogP contribution in [0.25, 0.3) is 0 Å². The highest BCUT2D eigenvalue weighted by molar-refractivity contribution is 5.52. The highest BCUT2D eigenvalue weighted by Gasteiger charge is 2.20. The van der Waals surface area contributed by atoms with Crippen LogP contribution in [0.3, 0.4) is 0 Å².